The molecule has 7 nitrogen and oxygen atoms in total. The molecule has 1 aromatic rings. The quantitative estimate of drug-likeness (QED) is 0.554. The summed E-state index contributed by atoms with van der Waals surface area (Å²) in [5.74, 6) is 0.313. The molecule has 2 rings (SSSR count). The number of sulfonamides is 1. The van der Waals surface area contributed by atoms with E-state index in [-0.39, 0.29) is 10.6 Å². The fraction of sp³-hybridized carbons (Fsp3) is 0.571. The Morgan fingerprint density at radius 1 is 1.35 bits per heavy atom. The molecular weight excluding hydrogens is 386 g/mol. The molecular formula is C14H20BrN3O4S. The van der Waals surface area contributed by atoms with Crippen molar-refractivity contribution in [1.82, 2.24) is 9.21 Å². The van der Waals surface area contributed by atoms with Crippen molar-refractivity contribution in [2.24, 2.45) is 5.92 Å². The van der Waals surface area contributed by atoms with Crippen molar-refractivity contribution >= 4 is 31.6 Å². The normalized spacial score (nSPS) is 17.6. The zero-order valence-corrected chi connectivity index (χ0v) is 15.5. The molecule has 0 bridgehead atoms. The van der Waals surface area contributed by atoms with Gasteiger partial charge >= 0.3 is 0 Å². The van der Waals surface area contributed by atoms with Gasteiger partial charge in [-0.1, -0.05) is 15.9 Å². The Morgan fingerprint density at radius 3 is 2.52 bits per heavy atom. The van der Waals surface area contributed by atoms with Crippen LogP contribution in [-0.2, 0) is 10.0 Å². The Labute approximate surface area is 144 Å². The third-order valence-electron chi connectivity index (χ3n) is 4.13. The third-order valence-corrected chi connectivity index (χ3v) is 6.39. The largest absolute Gasteiger partial charge is 0.306 e. The summed E-state index contributed by atoms with van der Waals surface area (Å²) in [6.45, 7) is 2.35. The van der Waals surface area contributed by atoms with Crippen molar-refractivity contribution in [3.8, 4) is 0 Å². The van der Waals surface area contributed by atoms with Gasteiger partial charge in [0.15, 0.2) is 0 Å². The Balaban J connectivity index is 2.18. The molecule has 1 aliphatic rings. The van der Waals surface area contributed by atoms with Gasteiger partial charge in [-0.2, -0.15) is 0 Å². The third kappa shape index (κ3) is 4.50. The van der Waals surface area contributed by atoms with E-state index in [4.69, 9.17) is 0 Å². The van der Waals surface area contributed by atoms with E-state index in [1.54, 1.807) is 0 Å². The van der Waals surface area contributed by atoms with Gasteiger partial charge in [-0.15, -0.1) is 0 Å². The van der Waals surface area contributed by atoms with Crippen molar-refractivity contribution < 1.29 is 13.3 Å². The lowest BCUT2D eigenvalue weighted by Gasteiger charge is -2.31. The molecule has 9 heteroatoms. The molecule has 0 spiro atoms. The smallest absolute Gasteiger partial charge is 0.271 e. The SMILES string of the molecule is CN1CCC(CN(C)S(=O)(=O)c2cc(Br)cc([N+](=O)[O-])c2)CC1. The molecule has 1 aliphatic heterocycles. The fourth-order valence-electron chi connectivity index (χ4n) is 2.69. The van der Waals surface area contributed by atoms with E-state index in [1.165, 1.54) is 23.5 Å². The van der Waals surface area contributed by atoms with Gasteiger partial charge in [-0.25, -0.2) is 12.7 Å². The van der Waals surface area contributed by atoms with Gasteiger partial charge in [0.25, 0.3) is 5.69 Å². The molecule has 0 N–H and O–H groups in total. The zero-order chi connectivity index (χ0) is 17.2. The van der Waals surface area contributed by atoms with Crippen LogP contribution in [0.25, 0.3) is 0 Å². The molecule has 1 saturated heterocycles. The number of hydrogen-bond acceptors (Lipinski definition) is 5. The molecule has 128 valence electrons. The second-order valence-electron chi connectivity index (χ2n) is 5.93. The highest BCUT2D eigenvalue weighted by atomic mass is 79.9. The van der Waals surface area contributed by atoms with E-state index in [1.807, 2.05) is 0 Å². The molecule has 0 unspecified atom stereocenters. The number of non-ortho nitro benzene ring substituents is 1. The van der Waals surface area contributed by atoms with Crippen LogP contribution in [-0.4, -0.2) is 56.3 Å². The Hall–Kier alpha value is -1.03. The predicted octanol–water partition coefficient (Wildman–Crippen LogP) is 2.32. The first kappa shape index (κ1) is 18.3. The number of nitrogens with zero attached hydrogens (tertiary/aromatic N) is 3. The molecule has 0 radical (unpaired) electrons. The molecule has 0 aliphatic carbocycles. The Kier molecular flexibility index (Phi) is 5.77. The van der Waals surface area contributed by atoms with Crippen molar-refractivity contribution in [2.75, 3.05) is 33.7 Å². The zero-order valence-electron chi connectivity index (χ0n) is 13.1. The van der Waals surface area contributed by atoms with Crippen molar-refractivity contribution in [3.63, 3.8) is 0 Å². The fourth-order valence-corrected chi connectivity index (χ4v) is 4.63. The van der Waals surface area contributed by atoms with E-state index in [0.717, 1.165) is 32.0 Å². The summed E-state index contributed by atoms with van der Waals surface area (Å²) in [5, 5.41) is 10.9. The van der Waals surface area contributed by atoms with Crippen LogP contribution in [0.5, 0.6) is 0 Å². The van der Waals surface area contributed by atoms with E-state index in [9.17, 15) is 18.5 Å². The lowest BCUT2D eigenvalue weighted by molar-refractivity contribution is -0.385. The van der Waals surface area contributed by atoms with Crippen LogP contribution in [0.15, 0.2) is 27.6 Å². The molecule has 0 atom stereocenters. The summed E-state index contributed by atoms with van der Waals surface area (Å²) >= 11 is 3.14. The number of benzene rings is 1. The van der Waals surface area contributed by atoms with Crippen LogP contribution < -0.4 is 0 Å². The maximum absolute atomic E-state index is 12.7. The molecule has 0 amide bonds. The van der Waals surface area contributed by atoms with E-state index in [0.29, 0.717) is 16.9 Å². The van der Waals surface area contributed by atoms with Crippen LogP contribution in [0.3, 0.4) is 0 Å². The van der Waals surface area contributed by atoms with Crippen LogP contribution in [0.4, 0.5) is 5.69 Å². The van der Waals surface area contributed by atoms with E-state index >= 15 is 0 Å². The maximum Gasteiger partial charge on any atom is 0.271 e. The standard InChI is InChI=1S/C14H20BrN3O4S/c1-16-5-3-11(4-6-16)10-17(2)23(21,22)14-8-12(15)7-13(9-14)18(19)20/h7-9,11H,3-6,10H2,1-2H3. The lowest BCUT2D eigenvalue weighted by atomic mass is 9.97. The molecule has 0 aromatic heterocycles. The molecule has 0 saturated carbocycles. The van der Waals surface area contributed by atoms with Crippen LogP contribution in [0, 0.1) is 16.0 Å². The Bertz CT molecular complexity index is 687. The highest BCUT2D eigenvalue weighted by molar-refractivity contribution is 9.10. The first-order valence-electron chi connectivity index (χ1n) is 7.30. The highest BCUT2D eigenvalue weighted by Gasteiger charge is 2.27. The topological polar surface area (TPSA) is 83.8 Å². The Morgan fingerprint density at radius 2 is 1.96 bits per heavy atom. The highest BCUT2D eigenvalue weighted by Crippen LogP contribution is 2.27. The molecule has 1 fully saturated rings. The second kappa shape index (κ2) is 7.25. The molecule has 1 heterocycles. The van der Waals surface area contributed by atoms with E-state index < -0.39 is 14.9 Å². The van der Waals surface area contributed by atoms with E-state index in [2.05, 4.69) is 27.9 Å². The van der Waals surface area contributed by atoms with Gasteiger partial charge < -0.3 is 4.90 Å². The van der Waals surface area contributed by atoms with Crippen LogP contribution in [0.2, 0.25) is 0 Å². The summed E-state index contributed by atoms with van der Waals surface area (Å²) in [7, 11) is -0.164. The van der Waals surface area contributed by atoms with Gasteiger partial charge in [0.05, 0.1) is 9.82 Å². The lowest BCUT2D eigenvalue weighted by Crippen LogP contribution is -2.37. The second-order valence-corrected chi connectivity index (χ2v) is 8.89. The summed E-state index contributed by atoms with van der Waals surface area (Å²) < 4.78 is 27.0. The van der Waals surface area contributed by atoms with Gasteiger partial charge in [0.2, 0.25) is 10.0 Å². The minimum atomic E-state index is -3.75. The number of hydrogen-bond donors (Lipinski definition) is 0. The van der Waals surface area contributed by atoms with Gasteiger partial charge in [-0.3, -0.25) is 10.1 Å². The number of piperidine rings is 1. The molecule has 23 heavy (non-hydrogen) atoms. The van der Waals surface area contributed by atoms with Crippen molar-refractivity contribution in [1.29, 1.82) is 0 Å². The van der Waals surface area contributed by atoms with Crippen molar-refractivity contribution in [2.45, 2.75) is 17.7 Å². The average Bonchev–Trinajstić information content (AvgIpc) is 2.48. The number of halogens is 1. The number of nitro benzene ring substituents is 1. The molecule has 1 aromatic carbocycles. The minimum absolute atomic E-state index is 0.0611. The first-order valence-corrected chi connectivity index (χ1v) is 9.53. The minimum Gasteiger partial charge on any atom is -0.306 e. The number of rotatable bonds is 5. The summed E-state index contributed by atoms with van der Waals surface area (Å²) in [4.78, 5) is 12.5. The predicted molar refractivity (Wildman–Crippen MR) is 90.8 cm³/mol. The van der Waals surface area contributed by atoms with Gasteiger partial charge in [-0.05, 0) is 45.0 Å². The average molecular weight is 406 g/mol. The first-order chi connectivity index (χ1) is 10.7. The van der Waals surface area contributed by atoms with Crippen molar-refractivity contribution in [3.05, 3.63) is 32.8 Å². The summed E-state index contributed by atoms with van der Waals surface area (Å²) in [6.07, 6.45) is 1.91. The maximum atomic E-state index is 12.7. The monoisotopic (exact) mass is 405 g/mol. The van der Waals surface area contributed by atoms with Crippen LogP contribution in [0.1, 0.15) is 12.8 Å². The summed E-state index contributed by atoms with van der Waals surface area (Å²) in [5.41, 5.74) is -0.245. The van der Waals surface area contributed by atoms with Gasteiger partial charge in [0, 0.05) is 30.2 Å². The number of likely N-dealkylation sites (tertiary alicyclic amines) is 1. The summed E-state index contributed by atoms with van der Waals surface area (Å²) in [6, 6.07) is 3.79. The van der Waals surface area contributed by atoms with Crippen LogP contribution >= 0.6 is 15.9 Å². The van der Waals surface area contributed by atoms with Gasteiger partial charge in [0.1, 0.15) is 0 Å². The number of nitro groups is 1.